The highest BCUT2D eigenvalue weighted by molar-refractivity contribution is 7.62. The molecular formula is C9H18NO2P. The Morgan fingerprint density at radius 3 is 2.92 bits per heavy atom. The summed E-state index contributed by atoms with van der Waals surface area (Å²) in [5.41, 5.74) is 5.67. The summed E-state index contributed by atoms with van der Waals surface area (Å²) in [5.74, 6) is 0. The predicted octanol–water partition coefficient (Wildman–Crippen LogP) is 2.06. The van der Waals surface area contributed by atoms with Crippen LogP contribution < -0.4 is 5.73 Å². The maximum absolute atomic E-state index is 11.8. The molecule has 0 fully saturated rings. The van der Waals surface area contributed by atoms with Gasteiger partial charge in [-0.1, -0.05) is 19.4 Å². The number of hydrogen-bond acceptors (Lipinski definition) is 2. The van der Waals surface area contributed by atoms with Crippen molar-refractivity contribution in [3.8, 4) is 0 Å². The molecule has 3 nitrogen and oxygen atoms in total. The summed E-state index contributed by atoms with van der Waals surface area (Å²) in [6.45, 7) is 2.02. The van der Waals surface area contributed by atoms with Crippen LogP contribution in [0.15, 0.2) is 11.4 Å². The maximum Gasteiger partial charge on any atom is 0.225 e. The van der Waals surface area contributed by atoms with Gasteiger partial charge in [0.15, 0.2) is 0 Å². The van der Waals surface area contributed by atoms with Crippen molar-refractivity contribution in [2.45, 2.75) is 38.6 Å². The van der Waals surface area contributed by atoms with E-state index in [1.54, 1.807) is 0 Å². The van der Waals surface area contributed by atoms with Crippen LogP contribution in [0, 0.1) is 0 Å². The van der Waals surface area contributed by atoms with Gasteiger partial charge in [0.25, 0.3) is 0 Å². The quantitative estimate of drug-likeness (QED) is 0.687. The van der Waals surface area contributed by atoms with Gasteiger partial charge in [-0.25, -0.2) is 0 Å². The zero-order valence-electron chi connectivity index (χ0n) is 8.07. The molecule has 1 unspecified atom stereocenters. The molecule has 3 N–H and O–H groups in total. The summed E-state index contributed by atoms with van der Waals surface area (Å²) in [6.07, 6.45) is 5.41. The third kappa shape index (κ3) is 2.94. The molecule has 0 aliphatic heterocycles. The predicted molar refractivity (Wildman–Crippen MR) is 54.9 cm³/mol. The summed E-state index contributed by atoms with van der Waals surface area (Å²) in [7, 11) is -3.01. The highest BCUT2D eigenvalue weighted by Crippen LogP contribution is 2.54. The van der Waals surface area contributed by atoms with E-state index in [0.717, 1.165) is 19.3 Å². The average Bonchev–Trinajstić information content (AvgIpc) is 2.49. The van der Waals surface area contributed by atoms with E-state index in [4.69, 9.17) is 5.73 Å². The van der Waals surface area contributed by atoms with Gasteiger partial charge in [-0.15, -0.1) is 0 Å². The first-order valence-corrected chi connectivity index (χ1v) is 6.67. The fraction of sp³-hybridized carbons (Fsp3) is 0.778. The van der Waals surface area contributed by atoms with E-state index in [9.17, 15) is 9.46 Å². The topological polar surface area (TPSA) is 63.3 Å². The minimum atomic E-state index is -3.01. The first-order valence-electron chi connectivity index (χ1n) is 4.83. The van der Waals surface area contributed by atoms with Gasteiger partial charge in [0.05, 0.1) is 0 Å². The molecule has 0 aromatic carbocycles. The van der Waals surface area contributed by atoms with Gasteiger partial charge in [0.1, 0.15) is 0 Å². The van der Waals surface area contributed by atoms with Gasteiger partial charge in [0, 0.05) is 17.5 Å². The highest BCUT2D eigenvalue weighted by Gasteiger charge is 2.28. The smallest absolute Gasteiger partial charge is 0.225 e. The number of nitrogens with two attached hydrogens (primary N) is 1. The molecule has 0 saturated heterocycles. The lowest BCUT2D eigenvalue weighted by molar-refractivity contribution is 0.481. The minimum absolute atomic E-state index is 0.0668. The summed E-state index contributed by atoms with van der Waals surface area (Å²) >= 11 is 0. The van der Waals surface area contributed by atoms with E-state index in [0.29, 0.717) is 17.9 Å². The van der Waals surface area contributed by atoms with Crippen molar-refractivity contribution < 1.29 is 9.46 Å². The van der Waals surface area contributed by atoms with Gasteiger partial charge in [-0.3, -0.25) is 4.57 Å². The van der Waals surface area contributed by atoms with Crippen molar-refractivity contribution in [2.24, 2.45) is 5.73 Å². The normalized spacial score (nSPS) is 27.0. The molecule has 0 aromatic heterocycles. The molecule has 1 aliphatic carbocycles. The van der Waals surface area contributed by atoms with E-state index in [1.165, 1.54) is 0 Å². The van der Waals surface area contributed by atoms with Crippen molar-refractivity contribution in [1.29, 1.82) is 0 Å². The first kappa shape index (κ1) is 11.0. The van der Waals surface area contributed by atoms with Crippen LogP contribution in [0.1, 0.15) is 32.6 Å². The zero-order valence-corrected chi connectivity index (χ0v) is 8.96. The maximum atomic E-state index is 11.8. The molecule has 1 rings (SSSR count). The van der Waals surface area contributed by atoms with Gasteiger partial charge in [-0.2, -0.15) is 0 Å². The lowest BCUT2D eigenvalue weighted by Crippen LogP contribution is -2.15. The second-order valence-electron chi connectivity index (χ2n) is 3.67. The van der Waals surface area contributed by atoms with Gasteiger partial charge < -0.3 is 10.6 Å². The molecular weight excluding hydrogens is 185 g/mol. The van der Waals surface area contributed by atoms with E-state index in [1.807, 2.05) is 13.0 Å². The summed E-state index contributed by atoms with van der Waals surface area (Å²) in [4.78, 5) is 9.69. The van der Waals surface area contributed by atoms with E-state index < -0.39 is 7.37 Å². The molecule has 76 valence electrons. The first-order chi connectivity index (χ1) is 6.06. The van der Waals surface area contributed by atoms with Crippen LogP contribution in [-0.4, -0.2) is 17.1 Å². The largest absolute Gasteiger partial charge is 0.341 e. The monoisotopic (exact) mass is 203 g/mol. The molecule has 0 amide bonds. The molecule has 2 atom stereocenters. The van der Waals surface area contributed by atoms with E-state index >= 15 is 0 Å². The van der Waals surface area contributed by atoms with Crippen LogP contribution in [0.25, 0.3) is 0 Å². The fourth-order valence-electron chi connectivity index (χ4n) is 1.52. The Kier molecular flexibility index (Phi) is 3.72. The van der Waals surface area contributed by atoms with Crippen LogP contribution in [0.2, 0.25) is 0 Å². The SMILES string of the molecule is CCCCP(=O)(O)C1=CC[C@H](N)C1. The standard InChI is InChI=1S/C9H18NO2P/c1-2-3-6-13(11,12)9-5-4-8(10)7-9/h5,8H,2-4,6-7,10H2,1H3,(H,11,12)/t8-/m0/s1. The Balaban J connectivity index is 2.54. The minimum Gasteiger partial charge on any atom is -0.341 e. The summed E-state index contributed by atoms with van der Waals surface area (Å²) < 4.78 is 11.8. The Morgan fingerprint density at radius 2 is 2.46 bits per heavy atom. The van der Waals surface area contributed by atoms with Gasteiger partial charge >= 0.3 is 0 Å². The van der Waals surface area contributed by atoms with Crippen molar-refractivity contribution in [3.63, 3.8) is 0 Å². The second kappa shape index (κ2) is 4.41. The number of hydrogen-bond donors (Lipinski definition) is 2. The molecule has 0 bridgehead atoms. The summed E-state index contributed by atoms with van der Waals surface area (Å²) in [6, 6.07) is 0.0668. The number of unbranched alkanes of at least 4 members (excludes halogenated alkanes) is 1. The van der Waals surface area contributed by atoms with Crippen LogP contribution in [0.4, 0.5) is 0 Å². The Bertz CT molecular complexity index is 250. The van der Waals surface area contributed by atoms with Crippen LogP contribution >= 0.6 is 7.37 Å². The van der Waals surface area contributed by atoms with Crippen molar-refractivity contribution in [3.05, 3.63) is 11.4 Å². The molecule has 0 heterocycles. The zero-order chi connectivity index (χ0) is 9.90. The fourth-order valence-corrected chi connectivity index (χ4v) is 3.47. The van der Waals surface area contributed by atoms with E-state index in [2.05, 4.69) is 0 Å². The van der Waals surface area contributed by atoms with Gasteiger partial charge in [0.2, 0.25) is 7.37 Å². The molecule has 1 aliphatic rings. The molecule has 0 radical (unpaired) electrons. The van der Waals surface area contributed by atoms with E-state index in [-0.39, 0.29) is 6.04 Å². The van der Waals surface area contributed by atoms with Crippen molar-refractivity contribution in [2.75, 3.05) is 6.16 Å². The van der Waals surface area contributed by atoms with Crippen molar-refractivity contribution >= 4 is 7.37 Å². The molecule has 0 saturated carbocycles. The Morgan fingerprint density at radius 1 is 1.77 bits per heavy atom. The highest BCUT2D eigenvalue weighted by atomic mass is 31.2. The van der Waals surface area contributed by atoms with Crippen molar-refractivity contribution in [1.82, 2.24) is 0 Å². The molecule has 0 aromatic rings. The van der Waals surface area contributed by atoms with Crippen LogP contribution in [0.3, 0.4) is 0 Å². The van der Waals surface area contributed by atoms with Gasteiger partial charge in [-0.05, 0) is 19.3 Å². The molecule has 13 heavy (non-hydrogen) atoms. The molecule has 4 heteroatoms. The average molecular weight is 203 g/mol. The Labute approximate surface area is 79.5 Å². The summed E-state index contributed by atoms with van der Waals surface area (Å²) in [5, 5.41) is 0.702. The number of rotatable bonds is 4. The lowest BCUT2D eigenvalue weighted by Gasteiger charge is -2.12. The second-order valence-corrected chi connectivity index (χ2v) is 6.10. The van der Waals surface area contributed by atoms with Crippen LogP contribution in [0.5, 0.6) is 0 Å². The lowest BCUT2D eigenvalue weighted by atomic mass is 10.3. The third-order valence-electron chi connectivity index (χ3n) is 2.39. The van der Waals surface area contributed by atoms with Crippen LogP contribution in [-0.2, 0) is 4.57 Å². The Hall–Kier alpha value is -0.110. The third-order valence-corrected chi connectivity index (χ3v) is 4.58. The molecule has 0 spiro atoms.